The van der Waals surface area contributed by atoms with Crippen LogP contribution in [0.1, 0.15) is 16.7 Å². The molecule has 0 spiro atoms. The van der Waals surface area contributed by atoms with Crippen molar-refractivity contribution in [3.05, 3.63) is 15.8 Å². The van der Waals surface area contributed by atoms with E-state index in [-0.39, 0.29) is 5.97 Å². The predicted molar refractivity (Wildman–Crippen MR) is 49.9 cm³/mol. The van der Waals surface area contributed by atoms with E-state index in [0.29, 0.717) is 11.6 Å². The lowest BCUT2D eigenvalue weighted by Crippen LogP contribution is -2.00. The Morgan fingerprint density at radius 2 is 2.42 bits per heavy atom. The number of esters is 1. The summed E-state index contributed by atoms with van der Waals surface area (Å²) in [5, 5.41) is 0. The van der Waals surface area contributed by atoms with Crippen molar-refractivity contribution >= 4 is 28.9 Å². The fourth-order valence-electron chi connectivity index (χ4n) is 0.846. The van der Waals surface area contributed by atoms with E-state index in [1.165, 1.54) is 6.92 Å². The number of hydrogen-bond donors (Lipinski definition) is 0. The standard InChI is InChI=1S/C8H9ClO2S/c1-5-8(11-6(2)10)3-7(4-9)12-5/h3H,4H2,1-2H3. The van der Waals surface area contributed by atoms with Gasteiger partial charge >= 0.3 is 5.97 Å². The molecule has 0 amide bonds. The highest BCUT2D eigenvalue weighted by Crippen LogP contribution is 2.29. The first-order valence-corrected chi connectivity index (χ1v) is 4.82. The van der Waals surface area contributed by atoms with Gasteiger partial charge in [0.1, 0.15) is 5.75 Å². The molecule has 0 aliphatic heterocycles. The Labute approximate surface area is 80.1 Å². The van der Waals surface area contributed by atoms with Gasteiger partial charge in [-0.15, -0.1) is 22.9 Å². The van der Waals surface area contributed by atoms with E-state index in [0.717, 1.165) is 9.75 Å². The highest BCUT2D eigenvalue weighted by Gasteiger charge is 2.07. The molecular formula is C8H9ClO2S. The van der Waals surface area contributed by atoms with Crippen LogP contribution >= 0.6 is 22.9 Å². The van der Waals surface area contributed by atoms with Crippen LogP contribution in [-0.2, 0) is 10.7 Å². The number of carbonyl (C=O) groups is 1. The molecule has 12 heavy (non-hydrogen) atoms. The predicted octanol–water partition coefficient (Wildman–Crippen LogP) is 2.72. The second-order valence-electron chi connectivity index (χ2n) is 2.36. The minimum atomic E-state index is -0.294. The van der Waals surface area contributed by atoms with Gasteiger partial charge in [-0.05, 0) is 13.0 Å². The van der Waals surface area contributed by atoms with E-state index in [4.69, 9.17) is 16.3 Å². The van der Waals surface area contributed by atoms with Crippen molar-refractivity contribution in [2.45, 2.75) is 19.7 Å². The van der Waals surface area contributed by atoms with Crippen molar-refractivity contribution in [3.63, 3.8) is 0 Å². The van der Waals surface area contributed by atoms with E-state index >= 15 is 0 Å². The molecule has 0 radical (unpaired) electrons. The summed E-state index contributed by atoms with van der Waals surface area (Å²) in [6.45, 7) is 3.29. The van der Waals surface area contributed by atoms with E-state index < -0.39 is 0 Å². The summed E-state index contributed by atoms with van der Waals surface area (Å²) < 4.78 is 4.94. The third-order valence-electron chi connectivity index (χ3n) is 1.31. The van der Waals surface area contributed by atoms with E-state index in [1.54, 1.807) is 17.4 Å². The van der Waals surface area contributed by atoms with Crippen LogP contribution in [0, 0.1) is 6.92 Å². The molecule has 4 heteroatoms. The highest BCUT2D eigenvalue weighted by molar-refractivity contribution is 7.12. The summed E-state index contributed by atoms with van der Waals surface area (Å²) in [4.78, 5) is 12.6. The van der Waals surface area contributed by atoms with Gasteiger partial charge in [0.15, 0.2) is 0 Å². The van der Waals surface area contributed by atoms with E-state index in [2.05, 4.69) is 0 Å². The first-order valence-electron chi connectivity index (χ1n) is 3.47. The summed E-state index contributed by atoms with van der Waals surface area (Å²) in [5.74, 6) is 0.799. The van der Waals surface area contributed by atoms with Crippen LogP contribution in [-0.4, -0.2) is 5.97 Å². The normalized spacial score (nSPS) is 9.92. The van der Waals surface area contributed by atoms with Gasteiger partial charge in [-0.1, -0.05) is 0 Å². The quantitative estimate of drug-likeness (QED) is 0.547. The Morgan fingerprint density at radius 1 is 1.75 bits per heavy atom. The Morgan fingerprint density at radius 3 is 2.83 bits per heavy atom. The van der Waals surface area contributed by atoms with Crippen molar-refractivity contribution in [2.75, 3.05) is 0 Å². The number of rotatable bonds is 2. The molecule has 0 aliphatic carbocycles. The molecule has 1 aromatic rings. The molecule has 0 saturated carbocycles. The molecule has 1 heterocycles. The average Bonchev–Trinajstić information content (AvgIpc) is 2.31. The first-order chi connectivity index (χ1) is 5.63. The topological polar surface area (TPSA) is 26.3 Å². The molecule has 1 aromatic heterocycles. The van der Waals surface area contributed by atoms with Gasteiger partial charge in [0, 0.05) is 16.7 Å². The third kappa shape index (κ3) is 2.22. The van der Waals surface area contributed by atoms with Crippen LogP contribution in [0.5, 0.6) is 5.75 Å². The summed E-state index contributed by atoms with van der Waals surface area (Å²) in [7, 11) is 0. The summed E-state index contributed by atoms with van der Waals surface area (Å²) in [6.07, 6.45) is 0. The fraction of sp³-hybridized carbons (Fsp3) is 0.375. The molecule has 0 fully saturated rings. The smallest absolute Gasteiger partial charge is 0.308 e. The number of halogens is 1. The van der Waals surface area contributed by atoms with E-state index in [9.17, 15) is 4.79 Å². The van der Waals surface area contributed by atoms with Crippen LogP contribution in [0.15, 0.2) is 6.07 Å². The molecule has 0 aliphatic rings. The Balaban J connectivity index is 2.84. The average molecular weight is 205 g/mol. The molecule has 0 saturated heterocycles. The monoisotopic (exact) mass is 204 g/mol. The maximum Gasteiger partial charge on any atom is 0.308 e. The molecule has 0 N–H and O–H groups in total. The van der Waals surface area contributed by atoms with Gasteiger partial charge in [-0.3, -0.25) is 4.79 Å². The van der Waals surface area contributed by atoms with Crippen LogP contribution in [0.2, 0.25) is 0 Å². The van der Waals surface area contributed by atoms with Gasteiger partial charge in [0.05, 0.1) is 5.88 Å². The molecule has 66 valence electrons. The number of thiophene rings is 1. The van der Waals surface area contributed by atoms with Gasteiger partial charge in [-0.25, -0.2) is 0 Å². The zero-order valence-electron chi connectivity index (χ0n) is 6.89. The Hall–Kier alpha value is -0.540. The maximum atomic E-state index is 10.6. The lowest BCUT2D eigenvalue weighted by Gasteiger charge is -1.96. The summed E-state index contributed by atoms with van der Waals surface area (Å²) in [6, 6.07) is 1.80. The fourth-order valence-corrected chi connectivity index (χ4v) is 1.90. The van der Waals surface area contributed by atoms with Crippen molar-refractivity contribution in [2.24, 2.45) is 0 Å². The van der Waals surface area contributed by atoms with Crippen LogP contribution in [0.3, 0.4) is 0 Å². The SMILES string of the molecule is CC(=O)Oc1cc(CCl)sc1C. The van der Waals surface area contributed by atoms with Crippen LogP contribution in [0.25, 0.3) is 0 Å². The van der Waals surface area contributed by atoms with Crippen molar-refractivity contribution < 1.29 is 9.53 Å². The second-order valence-corrected chi connectivity index (χ2v) is 3.97. The Bertz CT molecular complexity index is 293. The maximum absolute atomic E-state index is 10.6. The van der Waals surface area contributed by atoms with Crippen LogP contribution in [0.4, 0.5) is 0 Å². The number of aryl methyl sites for hydroxylation is 1. The van der Waals surface area contributed by atoms with E-state index in [1.807, 2.05) is 6.92 Å². The van der Waals surface area contributed by atoms with Gasteiger partial charge < -0.3 is 4.74 Å². The third-order valence-corrected chi connectivity index (χ3v) is 2.79. The minimum absolute atomic E-state index is 0.294. The summed E-state index contributed by atoms with van der Waals surface area (Å²) in [5.41, 5.74) is 0. The first kappa shape index (κ1) is 9.55. The molecular weight excluding hydrogens is 196 g/mol. The molecule has 2 nitrogen and oxygen atoms in total. The summed E-state index contributed by atoms with van der Waals surface area (Å²) >= 11 is 7.17. The largest absolute Gasteiger partial charge is 0.426 e. The van der Waals surface area contributed by atoms with Crippen LogP contribution < -0.4 is 4.74 Å². The highest BCUT2D eigenvalue weighted by atomic mass is 35.5. The van der Waals surface area contributed by atoms with Crippen molar-refractivity contribution in [1.29, 1.82) is 0 Å². The molecule has 0 unspecified atom stereocenters. The zero-order chi connectivity index (χ0) is 9.14. The van der Waals surface area contributed by atoms with Gasteiger partial charge in [0.2, 0.25) is 0 Å². The number of ether oxygens (including phenoxy) is 1. The van der Waals surface area contributed by atoms with Crippen molar-refractivity contribution in [1.82, 2.24) is 0 Å². The Kier molecular flexibility index (Phi) is 3.12. The molecule has 0 atom stereocenters. The molecule has 0 bridgehead atoms. The molecule has 1 rings (SSSR count). The number of alkyl halides is 1. The zero-order valence-corrected chi connectivity index (χ0v) is 8.46. The lowest BCUT2D eigenvalue weighted by molar-refractivity contribution is -0.131. The minimum Gasteiger partial charge on any atom is -0.426 e. The molecule has 0 aromatic carbocycles. The lowest BCUT2D eigenvalue weighted by atomic mass is 10.4. The number of carbonyl (C=O) groups excluding carboxylic acids is 1. The van der Waals surface area contributed by atoms with Gasteiger partial charge in [0.25, 0.3) is 0 Å². The van der Waals surface area contributed by atoms with Crippen molar-refractivity contribution in [3.8, 4) is 5.75 Å². The second kappa shape index (κ2) is 3.92. The number of hydrogen-bond acceptors (Lipinski definition) is 3. The van der Waals surface area contributed by atoms with Gasteiger partial charge in [-0.2, -0.15) is 0 Å².